The number of nitriles is 1. The van der Waals surface area contributed by atoms with E-state index in [1.54, 1.807) is 38.1 Å². The number of carbonyl (C=O) groups is 1. The summed E-state index contributed by atoms with van der Waals surface area (Å²) in [6.45, 7) is 3.38. The molecule has 0 bridgehead atoms. The van der Waals surface area contributed by atoms with Crippen LogP contribution in [0.4, 0.5) is 5.69 Å². The predicted octanol–water partition coefficient (Wildman–Crippen LogP) is 3.11. The predicted molar refractivity (Wildman–Crippen MR) is 111 cm³/mol. The van der Waals surface area contributed by atoms with Crippen molar-refractivity contribution < 1.29 is 19.0 Å². The van der Waals surface area contributed by atoms with Crippen LogP contribution < -0.4 is 10.1 Å². The SMILES string of the molecule is CO/C=C(\C(=O)OC)c1c(C)nc(C)nc1O/C(C=N)=C/Nc1cccc(C#N)c1. The Labute approximate surface area is 174 Å². The molecule has 0 saturated heterocycles. The summed E-state index contributed by atoms with van der Waals surface area (Å²) in [5.41, 5.74) is 1.97. The number of esters is 1. The highest BCUT2D eigenvalue weighted by molar-refractivity contribution is 6.17. The lowest BCUT2D eigenvalue weighted by molar-refractivity contribution is -0.133. The zero-order valence-electron chi connectivity index (χ0n) is 17.0. The van der Waals surface area contributed by atoms with Gasteiger partial charge in [-0.15, -0.1) is 0 Å². The topological polar surface area (TPSA) is 130 Å². The van der Waals surface area contributed by atoms with Crippen molar-refractivity contribution in [2.24, 2.45) is 0 Å². The van der Waals surface area contributed by atoms with Crippen LogP contribution in [0.1, 0.15) is 22.6 Å². The van der Waals surface area contributed by atoms with Crippen LogP contribution in [0.25, 0.3) is 5.57 Å². The van der Waals surface area contributed by atoms with E-state index >= 15 is 0 Å². The van der Waals surface area contributed by atoms with Crippen molar-refractivity contribution in [3.05, 3.63) is 65.1 Å². The van der Waals surface area contributed by atoms with Crippen molar-refractivity contribution in [3.63, 3.8) is 0 Å². The van der Waals surface area contributed by atoms with Crippen molar-refractivity contribution in [3.8, 4) is 11.9 Å². The monoisotopic (exact) mass is 407 g/mol. The fourth-order valence-electron chi connectivity index (χ4n) is 2.55. The van der Waals surface area contributed by atoms with Crippen LogP contribution in [0.3, 0.4) is 0 Å². The van der Waals surface area contributed by atoms with E-state index in [2.05, 4.69) is 21.4 Å². The smallest absolute Gasteiger partial charge is 0.341 e. The molecule has 0 fully saturated rings. The Morgan fingerprint density at radius 1 is 1.27 bits per heavy atom. The highest BCUT2D eigenvalue weighted by atomic mass is 16.5. The third kappa shape index (κ3) is 5.42. The van der Waals surface area contributed by atoms with E-state index in [1.807, 2.05) is 0 Å². The quantitative estimate of drug-likeness (QED) is 0.295. The van der Waals surface area contributed by atoms with Gasteiger partial charge >= 0.3 is 5.97 Å². The molecule has 1 aromatic carbocycles. The molecule has 1 heterocycles. The first kappa shape index (κ1) is 22.1. The van der Waals surface area contributed by atoms with E-state index in [-0.39, 0.29) is 22.8 Å². The molecular weight excluding hydrogens is 386 g/mol. The number of methoxy groups -OCH3 is 2. The molecule has 0 aliphatic carbocycles. The second-order valence-corrected chi connectivity index (χ2v) is 5.93. The highest BCUT2D eigenvalue weighted by Gasteiger charge is 2.23. The van der Waals surface area contributed by atoms with Crippen LogP contribution in [0, 0.1) is 30.6 Å². The van der Waals surface area contributed by atoms with Gasteiger partial charge in [0.2, 0.25) is 5.88 Å². The Bertz CT molecular complexity index is 1050. The molecule has 0 radical (unpaired) electrons. The number of nitrogens with zero attached hydrogens (tertiary/aromatic N) is 3. The van der Waals surface area contributed by atoms with Crippen molar-refractivity contribution in [2.45, 2.75) is 13.8 Å². The average Bonchev–Trinajstić information content (AvgIpc) is 2.74. The number of allylic oxidation sites excluding steroid dienone is 1. The van der Waals surface area contributed by atoms with Gasteiger partial charge in [0, 0.05) is 11.9 Å². The van der Waals surface area contributed by atoms with Gasteiger partial charge in [0.05, 0.1) is 49.6 Å². The summed E-state index contributed by atoms with van der Waals surface area (Å²) in [6, 6.07) is 8.88. The molecule has 0 unspecified atom stereocenters. The standard InChI is InChI=1S/C21H21N5O4/c1-13-19(18(12-28-3)21(27)29-4)20(26-14(2)25-13)30-17(10-23)11-24-16-7-5-6-15(8-16)9-22/h5-8,10-12,23-24H,1-4H3/b17-11+,18-12-,23-10?. The minimum atomic E-state index is -0.649. The molecule has 0 aliphatic rings. The fraction of sp³-hybridized carbons (Fsp3) is 0.190. The molecule has 1 aromatic heterocycles. The third-order valence-corrected chi connectivity index (χ3v) is 3.81. The summed E-state index contributed by atoms with van der Waals surface area (Å²) in [5, 5.41) is 19.6. The molecule has 0 aliphatic heterocycles. The van der Waals surface area contributed by atoms with Crippen LogP contribution >= 0.6 is 0 Å². The molecule has 2 rings (SSSR count). The van der Waals surface area contributed by atoms with Gasteiger partial charge in [-0.1, -0.05) is 6.07 Å². The van der Waals surface area contributed by atoms with Gasteiger partial charge < -0.3 is 24.9 Å². The number of rotatable bonds is 8. The molecule has 2 aromatic rings. The van der Waals surface area contributed by atoms with Gasteiger partial charge in [-0.2, -0.15) is 10.2 Å². The molecule has 0 spiro atoms. The Balaban J connectivity index is 2.44. The molecule has 154 valence electrons. The van der Waals surface area contributed by atoms with Crippen LogP contribution in [0.2, 0.25) is 0 Å². The average molecular weight is 407 g/mol. The van der Waals surface area contributed by atoms with Gasteiger partial charge in [-0.05, 0) is 32.0 Å². The van der Waals surface area contributed by atoms with Gasteiger partial charge in [0.1, 0.15) is 11.4 Å². The Hall–Kier alpha value is -4.19. The Morgan fingerprint density at radius 2 is 2.03 bits per heavy atom. The first-order valence-corrected chi connectivity index (χ1v) is 8.75. The van der Waals surface area contributed by atoms with E-state index in [1.165, 1.54) is 26.7 Å². The lowest BCUT2D eigenvalue weighted by Gasteiger charge is -2.15. The lowest BCUT2D eigenvalue weighted by Crippen LogP contribution is -2.12. The fourth-order valence-corrected chi connectivity index (χ4v) is 2.55. The Kier molecular flexibility index (Phi) is 7.65. The maximum absolute atomic E-state index is 12.2. The summed E-state index contributed by atoms with van der Waals surface area (Å²) >= 11 is 0. The minimum absolute atomic E-state index is 0.0658. The van der Waals surface area contributed by atoms with Crippen LogP contribution in [-0.4, -0.2) is 36.4 Å². The summed E-state index contributed by atoms with van der Waals surface area (Å²) < 4.78 is 15.6. The van der Waals surface area contributed by atoms with E-state index in [4.69, 9.17) is 24.9 Å². The molecule has 0 amide bonds. The maximum Gasteiger partial charge on any atom is 0.341 e. The van der Waals surface area contributed by atoms with E-state index in [0.717, 1.165) is 6.21 Å². The summed E-state index contributed by atoms with van der Waals surface area (Å²) in [4.78, 5) is 20.8. The number of carbonyl (C=O) groups excluding carboxylic acids is 1. The number of aromatic nitrogens is 2. The Morgan fingerprint density at radius 3 is 2.67 bits per heavy atom. The summed E-state index contributed by atoms with van der Waals surface area (Å²) in [5.74, 6) is -0.0512. The molecule has 9 nitrogen and oxygen atoms in total. The van der Waals surface area contributed by atoms with Crippen molar-refractivity contribution in [1.82, 2.24) is 9.97 Å². The van der Waals surface area contributed by atoms with E-state index in [9.17, 15) is 4.79 Å². The molecule has 9 heteroatoms. The van der Waals surface area contributed by atoms with Crippen molar-refractivity contribution >= 4 is 23.4 Å². The van der Waals surface area contributed by atoms with Gasteiger partial charge in [0.15, 0.2) is 5.76 Å². The second-order valence-electron chi connectivity index (χ2n) is 5.93. The van der Waals surface area contributed by atoms with Crippen LogP contribution in [0.15, 0.2) is 42.5 Å². The number of hydrogen-bond acceptors (Lipinski definition) is 9. The highest BCUT2D eigenvalue weighted by Crippen LogP contribution is 2.29. The summed E-state index contributed by atoms with van der Waals surface area (Å²) in [7, 11) is 2.65. The first-order valence-electron chi connectivity index (χ1n) is 8.75. The number of hydrogen-bond donors (Lipinski definition) is 2. The van der Waals surface area contributed by atoms with Crippen molar-refractivity contribution in [1.29, 1.82) is 10.7 Å². The number of ether oxygens (including phenoxy) is 3. The second kappa shape index (κ2) is 10.4. The zero-order valence-corrected chi connectivity index (χ0v) is 17.0. The molecule has 2 N–H and O–H groups in total. The lowest BCUT2D eigenvalue weighted by atomic mass is 10.1. The number of benzene rings is 1. The normalized spacial score (nSPS) is 11.3. The number of aryl methyl sites for hydroxylation is 2. The summed E-state index contributed by atoms with van der Waals surface area (Å²) in [6.07, 6.45) is 3.65. The molecular formula is C21H21N5O4. The van der Waals surface area contributed by atoms with Gasteiger partial charge in [0.25, 0.3) is 0 Å². The molecule has 30 heavy (non-hydrogen) atoms. The molecule has 0 saturated carbocycles. The number of anilines is 1. The van der Waals surface area contributed by atoms with E-state index < -0.39 is 5.97 Å². The largest absolute Gasteiger partial charge is 0.503 e. The van der Waals surface area contributed by atoms with Crippen molar-refractivity contribution in [2.75, 3.05) is 19.5 Å². The van der Waals surface area contributed by atoms with Gasteiger partial charge in [-0.25, -0.2) is 9.78 Å². The van der Waals surface area contributed by atoms with E-state index in [0.29, 0.717) is 22.8 Å². The third-order valence-electron chi connectivity index (χ3n) is 3.81. The number of nitrogens with one attached hydrogen (secondary N) is 2. The van der Waals surface area contributed by atoms with Crippen LogP contribution in [-0.2, 0) is 14.3 Å². The molecule has 0 atom stereocenters. The van der Waals surface area contributed by atoms with Crippen LogP contribution in [0.5, 0.6) is 5.88 Å². The minimum Gasteiger partial charge on any atom is -0.503 e. The zero-order chi connectivity index (χ0) is 22.1. The first-order chi connectivity index (χ1) is 14.4. The van der Waals surface area contributed by atoms with Gasteiger partial charge in [-0.3, -0.25) is 0 Å². The maximum atomic E-state index is 12.2.